The maximum absolute atomic E-state index is 8.40. The molecule has 0 aliphatic carbocycles. The van der Waals surface area contributed by atoms with Crippen LogP contribution in [0.25, 0.3) is 0 Å². The maximum atomic E-state index is 8.40. The minimum absolute atomic E-state index is 0.389. The number of nitrogens with zero attached hydrogens (tertiary/aromatic N) is 3. The first kappa shape index (κ1) is 7.97. The predicted octanol–water partition coefficient (Wildman–Crippen LogP) is 0.924. The molecule has 56 valence electrons. The normalized spacial score (nSPS) is 19.8. The van der Waals surface area contributed by atoms with E-state index in [4.69, 9.17) is 10.5 Å². The molecule has 11 heavy (non-hydrogen) atoms. The van der Waals surface area contributed by atoms with Crippen LogP contribution >= 0.6 is 11.8 Å². The van der Waals surface area contributed by atoms with Gasteiger partial charge < -0.3 is 4.90 Å². The van der Waals surface area contributed by atoms with Crippen LogP contribution in [0.15, 0.2) is 11.1 Å². The lowest BCUT2D eigenvalue weighted by Crippen LogP contribution is -2.17. The standard InChI is InChI=1S/C7H7N3S/c8-2-1-7-10(4-3-9)5-6-11-7/h1H,4-6H2. The van der Waals surface area contributed by atoms with E-state index in [1.807, 2.05) is 11.0 Å². The summed E-state index contributed by atoms with van der Waals surface area (Å²) in [6, 6.07) is 4.02. The fourth-order valence-corrected chi connectivity index (χ4v) is 1.89. The van der Waals surface area contributed by atoms with Gasteiger partial charge in [0, 0.05) is 18.4 Å². The van der Waals surface area contributed by atoms with Crippen LogP contribution in [0.5, 0.6) is 0 Å². The third kappa shape index (κ3) is 1.89. The summed E-state index contributed by atoms with van der Waals surface area (Å²) in [5.41, 5.74) is 0. The number of hydrogen-bond acceptors (Lipinski definition) is 4. The van der Waals surface area contributed by atoms with Crippen LogP contribution in [0.2, 0.25) is 0 Å². The highest BCUT2D eigenvalue weighted by Gasteiger charge is 2.16. The average molecular weight is 165 g/mol. The van der Waals surface area contributed by atoms with Gasteiger partial charge in [0.15, 0.2) is 0 Å². The molecule has 1 saturated heterocycles. The summed E-state index contributed by atoms with van der Waals surface area (Å²) in [6.07, 6.45) is 1.50. The number of hydrogen-bond donors (Lipinski definition) is 0. The fourth-order valence-electron chi connectivity index (χ4n) is 0.892. The number of allylic oxidation sites excluding steroid dienone is 1. The lowest BCUT2D eigenvalue weighted by Gasteiger charge is -2.12. The molecule has 4 heteroatoms. The van der Waals surface area contributed by atoms with Gasteiger partial charge >= 0.3 is 0 Å². The smallest absolute Gasteiger partial charge is 0.106 e. The van der Waals surface area contributed by atoms with E-state index in [0.717, 1.165) is 17.3 Å². The Balaban J connectivity index is 2.61. The lowest BCUT2D eigenvalue weighted by atomic mass is 10.5. The third-order valence-electron chi connectivity index (χ3n) is 1.37. The quantitative estimate of drug-likeness (QED) is 0.428. The summed E-state index contributed by atoms with van der Waals surface area (Å²) in [6.45, 7) is 1.27. The van der Waals surface area contributed by atoms with E-state index >= 15 is 0 Å². The Kier molecular flexibility index (Phi) is 2.83. The minimum atomic E-state index is 0.389. The average Bonchev–Trinajstić information content (AvgIpc) is 2.39. The Morgan fingerprint density at radius 3 is 3.09 bits per heavy atom. The van der Waals surface area contributed by atoms with Gasteiger partial charge in [-0.25, -0.2) is 0 Å². The van der Waals surface area contributed by atoms with Crippen LogP contribution in [0.4, 0.5) is 0 Å². The molecular weight excluding hydrogens is 158 g/mol. The van der Waals surface area contributed by atoms with E-state index in [-0.39, 0.29) is 0 Å². The van der Waals surface area contributed by atoms with Crippen LogP contribution < -0.4 is 0 Å². The van der Waals surface area contributed by atoms with Crippen molar-refractivity contribution in [3.63, 3.8) is 0 Å². The van der Waals surface area contributed by atoms with E-state index in [1.165, 1.54) is 6.08 Å². The van der Waals surface area contributed by atoms with Crippen molar-refractivity contribution >= 4 is 11.8 Å². The Labute approximate surface area is 69.9 Å². The topological polar surface area (TPSA) is 50.8 Å². The van der Waals surface area contributed by atoms with Gasteiger partial charge in [0.1, 0.15) is 6.54 Å². The molecule has 1 fully saturated rings. The second kappa shape index (κ2) is 3.90. The number of nitriles is 2. The first-order valence-electron chi connectivity index (χ1n) is 3.23. The molecule has 0 aromatic heterocycles. The highest BCUT2D eigenvalue weighted by atomic mass is 32.2. The minimum Gasteiger partial charge on any atom is -0.352 e. The molecule has 0 N–H and O–H groups in total. The van der Waals surface area contributed by atoms with E-state index in [9.17, 15) is 0 Å². The molecule has 0 spiro atoms. The van der Waals surface area contributed by atoms with Crippen LogP contribution in [0, 0.1) is 22.7 Å². The summed E-state index contributed by atoms with van der Waals surface area (Å²) in [5.74, 6) is 0.981. The zero-order valence-corrected chi connectivity index (χ0v) is 6.77. The maximum Gasteiger partial charge on any atom is 0.106 e. The Bertz CT molecular complexity index is 245. The summed E-state index contributed by atoms with van der Waals surface area (Å²) < 4.78 is 0. The molecule has 1 aliphatic rings. The molecule has 0 radical (unpaired) electrons. The van der Waals surface area contributed by atoms with Crippen molar-refractivity contribution in [2.45, 2.75) is 0 Å². The van der Waals surface area contributed by atoms with Crippen molar-refractivity contribution in [1.82, 2.24) is 4.90 Å². The van der Waals surface area contributed by atoms with Crippen molar-refractivity contribution in [1.29, 1.82) is 10.5 Å². The summed E-state index contributed by atoms with van der Waals surface area (Å²) in [7, 11) is 0. The Hall–Kier alpha value is -1.13. The second-order valence-corrected chi connectivity index (χ2v) is 3.16. The van der Waals surface area contributed by atoms with Crippen molar-refractivity contribution in [2.75, 3.05) is 18.8 Å². The highest BCUT2D eigenvalue weighted by Crippen LogP contribution is 2.26. The van der Waals surface area contributed by atoms with Gasteiger partial charge in [0.25, 0.3) is 0 Å². The van der Waals surface area contributed by atoms with Crippen LogP contribution in [-0.2, 0) is 0 Å². The van der Waals surface area contributed by atoms with Crippen LogP contribution in [0.3, 0.4) is 0 Å². The predicted molar refractivity (Wildman–Crippen MR) is 43.3 cm³/mol. The Morgan fingerprint density at radius 2 is 2.45 bits per heavy atom. The fraction of sp³-hybridized carbons (Fsp3) is 0.429. The van der Waals surface area contributed by atoms with Gasteiger partial charge in [0.05, 0.1) is 17.2 Å². The van der Waals surface area contributed by atoms with E-state index in [0.29, 0.717) is 6.54 Å². The molecule has 1 aliphatic heterocycles. The number of rotatable bonds is 1. The molecular formula is C7H7N3S. The second-order valence-electron chi connectivity index (χ2n) is 2.04. The van der Waals surface area contributed by atoms with E-state index in [1.54, 1.807) is 11.8 Å². The largest absolute Gasteiger partial charge is 0.352 e. The van der Waals surface area contributed by atoms with Gasteiger partial charge in [0.2, 0.25) is 0 Å². The summed E-state index contributed by atoms with van der Waals surface area (Å²) >= 11 is 1.63. The van der Waals surface area contributed by atoms with Gasteiger partial charge in [-0.2, -0.15) is 10.5 Å². The molecule has 1 rings (SSSR count). The molecule has 0 aromatic carbocycles. The molecule has 0 unspecified atom stereocenters. The summed E-state index contributed by atoms with van der Waals surface area (Å²) in [4.78, 5) is 1.91. The lowest BCUT2D eigenvalue weighted by molar-refractivity contribution is 0.452. The van der Waals surface area contributed by atoms with Crippen LogP contribution in [0.1, 0.15) is 0 Å². The first-order chi connectivity index (χ1) is 5.38. The first-order valence-corrected chi connectivity index (χ1v) is 4.21. The van der Waals surface area contributed by atoms with E-state index in [2.05, 4.69) is 6.07 Å². The van der Waals surface area contributed by atoms with Gasteiger partial charge in [-0.1, -0.05) is 0 Å². The molecule has 1 heterocycles. The van der Waals surface area contributed by atoms with Crippen molar-refractivity contribution in [3.05, 3.63) is 11.1 Å². The van der Waals surface area contributed by atoms with Crippen molar-refractivity contribution in [3.8, 4) is 12.1 Å². The van der Waals surface area contributed by atoms with E-state index < -0.39 is 0 Å². The molecule has 0 saturated carbocycles. The SMILES string of the molecule is N#CC=C1SCCN1CC#N. The number of thioether (sulfide) groups is 1. The summed E-state index contributed by atoms with van der Waals surface area (Å²) in [5, 5.41) is 17.7. The van der Waals surface area contributed by atoms with Crippen molar-refractivity contribution < 1.29 is 0 Å². The van der Waals surface area contributed by atoms with Crippen LogP contribution in [-0.4, -0.2) is 23.7 Å². The van der Waals surface area contributed by atoms with Gasteiger partial charge in [-0.3, -0.25) is 0 Å². The molecule has 0 amide bonds. The zero-order valence-electron chi connectivity index (χ0n) is 5.95. The van der Waals surface area contributed by atoms with Gasteiger partial charge in [-0.05, 0) is 0 Å². The zero-order chi connectivity index (χ0) is 8.10. The molecule has 0 bridgehead atoms. The molecule has 0 atom stereocenters. The van der Waals surface area contributed by atoms with Gasteiger partial charge in [-0.15, -0.1) is 11.8 Å². The monoisotopic (exact) mass is 165 g/mol. The molecule has 3 nitrogen and oxygen atoms in total. The Morgan fingerprint density at radius 1 is 1.64 bits per heavy atom. The molecule has 0 aromatic rings. The van der Waals surface area contributed by atoms with Crippen molar-refractivity contribution in [2.24, 2.45) is 0 Å². The highest BCUT2D eigenvalue weighted by molar-refractivity contribution is 8.03. The third-order valence-corrected chi connectivity index (χ3v) is 2.43.